The molecule has 0 aromatic carbocycles. The molecule has 0 aliphatic heterocycles. The molecule has 15 heavy (non-hydrogen) atoms. The van der Waals surface area contributed by atoms with Crippen molar-refractivity contribution in [3.05, 3.63) is 5.01 Å². The summed E-state index contributed by atoms with van der Waals surface area (Å²) >= 11 is 0.977. The van der Waals surface area contributed by atoms with E-state index in [4.69, 9.17) is 15.9 Å². The lowest BCUT2D eigenvalue weighted by Crippen LogP contribution is -2.35. The molecule has 8 heteroatoms. The van der Waals surface area contributed by atoms with Crippen LogP contribution in [0.4, 0.5) is 5.13 Å². The number of nitrogens with zero attached hydrogens (tertiary/aromatic N) is 3. The van der Waals surface area contributed by atoms with E-state index in [9.17, 15) is 4.79 Å². The number of amides is 1. The molecule has 1 heterocycles. The van der Waals surface area contributed by atoms with E-state index in [0.29, 0.717) is 0 Å². The van der Waals surface area contributed by atoms with Gasteiger partial charge in [0.2, 0.25) is 10.1 Å². The van der Waals surface area contributed by atoms with Gasteiger partial charge < -0.3 is 20.8 Å². The second-order valence-electron chi connectivity index (χ2n) is 2.68. The summed E-state index contributed by atoms with van der Waals surface area (Å²) in [5.74, 6) is -0.382. The highest BCUT2D eigenvalue weighted by Crippen LogP contribution is 2.13. The van der Waals surface area contributed by atoms with E-state index in [-0.39, 0.29) is 42.3 Å². The van der Waals surface area contributed by atoms with Crippen molar-refractivity contribution < 1.29 is 15.0 Å². The summed E-state index contributed by atoms with van der Waals surface area (Å²) < 4.78 is 0. The molecule has 0 saturated carbocycles. The fourth-order valence-electron chi connectivity index (χ4n) is 1.01. The van der Waals surface area contributed by atoms with Gasteiger partial charge in [0.25, 0.3) is 5.91 Å². The Morgan fingerprint density at radius 3 is 2.33 bits per heavy atom. The minimum atomic E-state index is -0.382. The summed E-state index contributed by atoms with van der Waals surface area (Å²) in [4.78, 5) is 13.0. The lowest BCUT2D eigenvalue weighted by atomic mass is 10.4. The monoisotopic (exact) mass is 232 g/mol. The van der Waals surface area contributed by atoms with Gasteiger partial charge in [-0.15, -0.1) is 10.2 Å². The Labute approximate surface area is 90.2 Å². The van der Waals surface area contributed by atoms with Gasteiger partial charge in [-0.2, -0.15) is 0 Å². The van der Waals surface area contributed by atoms with Crippen LogP contribution in [0.15, 0.2) is 0 Å². The van der Waals surface area contributed by atoms with Gasteiger partial charge in [0.15, 0.2) is 0 Å². The molecule has 0 unspecified atom stereocenters. The summed E-state index contributed by atoms with van der Waals surface area (Å²) in [5.41, 5.74) is 5.34. The number of anilines is 1. The molecule has 4 N–H and O–H groups in total. The summed E-state index contributed by atoms with van der Waals surface area (Å²) in [5, 5.41) is 24.9. The smallest absolute Gasteiger partial charge is 0.285 e. The van der Waals surface area contributed by atoms with Gasteiger partial charge >= 0.3 is 0 Å². The number of carbonyl (C=O) groups excluding carboxylic acids is 1. The van der Waals surface area contributed by atoms with Crippen LogP contribution < -0.4 is 5.73 Å². The Hall–Kier alpha value is -1.25. The van der Waals surface area contributed by atoms with Crippen molar-refractivity contribution in [2.24, 2.45) is 0 Å². The number of carbonyl (C=O) groups is 1. The van der Waals surface area contributed by atoms with Gasteiger partial charge in [0.05, 0.1) is 13.2 Å². The van der Waals surface area contributed by atoms with E-state index >= 15 is 0 Å². The molecule has 1 rings (SSSR count). The van der Waals surface area contributed by atoms with Gasteiger partial charge in [-0.1, -0.05) is 11.3 Å². The number of rotatable bonds is 5. The highest BCUT2D eigenvalue weighted by Gasteiger charge is 2.18. The summed E-state index contributed by atoms with van der Waals surface area (Å²) in [6.45, 7) is -0.0300. The summed E-state index contributed by atoms with van der Waals surface area (Å²) in [6, 6.07) is 0. The first kappa shape index (κ1) is 11.8. The maximum atomic E-state index is 11.7. The van der Waals surface area contributed by atoms with E-state index in [0.717, 1.165) is 11.3 Å². The fraction of sp³-hybridized carbons (Fsp3) is 0.571. The third-order valence-electron chi connectivity index (χ3n) is 1.65. The van der Waals surface area contributed by atoms with Gasteiger partial charge in [0.1, 0.15) is 0 Å². The quantitative estimate of drug-likeness (QED) is 0.572. The first-order valence-corrected chi connectivity index (χ1v) is 5.10. The molecular formula is C7H12N4O3S. The molecule has 0 saturated heterocycles. The van der Waals surface area contributed by atoms with Gasteiger partial charge in [-0.3, -0.25) is 4.79 Å². The zero-order valence-electron chi connectivity index (χ0n) is 7.96. The Morgan fingerprint density at radius 1 is 1.33 bits per heavy atom. The molecule has 0 aliphatic rings. The zero-order chi connectivity index (χ0) is 11.3. The van der Waals surface area contributed by atoms with Crippen molar-refractivity contribution in [2.75, 3.05) is 32.0 Å². The number of aliphatic hydroxyl groups excluding tert-OH is 2. The second kappa shape index (κ2) is 5.59. The number of nitrogens with two attached hydrogens (primary N) is 1. The molecule has 0 bridgehead atoms. The van der Waals surface area contributed by atoms with Crippen molar-refractivity contribution in [1.82, 2.24) is 15.1 Å². The highest BCUT2D eigenvalue weighted by molar-refractivity contribution is 7.16. The number of nitrogen functional groups attached to an aromatic ring is 1. The number of hydrogen-bond donors (Lipinski definition) is 3. The number of hydrogen-bond acceptors (Lipinski definition) is 7. The first-order valence-electron chi connectivity index (χ1n) is 4.29. The van der Waals surface area contributed by atoms with Crippen LogP contribution >= 0.6 is 11.3 Å². The van der Waals surface area contributed by atoms with Crippen LogP contribution in [0.25, 0.3) is 0 Å². The molecule has 0 atom stereocenters. The highest BCUT2D eigenvalue weighted by atomic mass is 32.1. The lowest BCUT2D eigenvalue weighted by molar-refractivity contribution is 0.0683. The van der Waals surface area contributed by atoms with Crippen molar-refractivity contribution in [2.45, 2.75) is 0 Å². The number of aromatic nitrogens is 2. The van der Waals surface area contributed by atoms with Crippen molar-refractivity contribution in [3.63, 3.8) is 0 Å². The Bertz CT molecular complexity index is 324. The predicted molar refractivity (Wildman–Crippen MR) is 54.4 cm³/mol. The minimum absolute atomic E-state index is 0.152. The fourth-order valence-corrected chi connectivity index (χ4v) is 1.59. The molecule has 0 fully saturated rings. The molecule has 0 spiro atoms. The third-order valence-corrected chi connectivity index (χ3v) is 2.39. The van der Waals surface area contributed by atoms with Crippen LogP contribution in [0.5, 0.6) is 0 Å². The Morgan fingerprint density at radius 2 is 1.93 bits per heavy atom. The van der Waals surface area contributed by atoms with Crippen LogP contribution in [-0.4, -0.2) is 57.5 Å². The molecular weight excluding hydrogens is 220 g/mol. The largest absolute Gasteiger partial charge is 0.395 e. The Kier molecular flexibility index (Phi) is 4.40. The molecule has 1 aromatic heterocycles. The maximum absolute atomic E-state index is 11.7. The zero-order valence-corrected chi connectivity index (χ0v) is 8.77. The summed E-state index contributed by atoms with van der Waals surface area (Å²) in [7, 11) is 0. The Balaban J connectivity index is 2.71. The molecule has 7 nitrogen and oxygen atoms in total. The predicted octanol–water partition coefficient (Wildman–Crippen LogP) is -1.45. The van der Waals surface area contributed by atoms with E-state index in [2.05, 4.69) is 10.2 Å². The number of aliphatic hydroxyl groups is 2. The lowest BCUT2D eigenvalue weighted by Gasteiger charge is -2.18. The van der Waals surface area contributed by atoms with Crippen LogP contribution in [0.3, 0.4) is 0 Å². The SMILES string of the molecule is Nc1nnc(C(=O)N(CCO)CCO)s1. The minimum Gasteiger partial charge on any atom is -0.395 e. The molecule has 84 valence electrons. The van der Waals surface area contributed by atoms with Crippen molar-refractivity contribution in [1.29, 1.82) is 0 Å². The van der Waals surface area contributed by atoms with E-state index in [1.165, 1.54) is 4.90 Å². The van der Waals surface area contributed by atoms with Gasteiger partial charge in [-0.25, -0.2) is 0 Å². The average Bonchev–Trinajstić information content (AvgIpc) is 2.63. The van der Waals surface area contributed by atoms with Crippen molar-refractivity contribution in [3.8, 4) is 0 Å². The third kappa shape index (κ3) is 3.11. The van der Waals surface area contributed by atoms with E-state index in [1.807, 2.05) is 0 Å². The molecule has 1 amide bonds. The van der Waals surface area contributed by atoms with E-state index in [1.54, 1.807) is 0 Å². The van der Waals surface area contributed by atoms with Crippen LogP contribution in [0.1, 0.15) is 9.80 Å². The van der Waals surface area contributed by atoms with Crippen LogP contribution in [0, 0.1) is 0 Å². The molecule has 1 aromatic rings. The standard InChI is InChI=1S/C7H12N4O3S/c8-7-10-9-5(15-7)6(14)11(1-3-12)2-4-13/h12-13H,1-4H2,(H2,8,10). The van der Waals surface area contributed by atoms with E-state index < -0.39 is 0 Å². The van der Waals surface area contributed by atoms with Crippen LogP contribution in [0.2, 0.25) is 0 Å². The van der Waals surface area contributed by atoms with Crippen molar-refractivity contribution >= 4 is 22.4 Å². The summed E-state index contributed by atoms with van der Waals surface area (Å²) in [6.07, 6.45) is 0. The molecule has 0 radical (unpaired) electrons. The first-order chi connectivity index (χ1) is 7.19. The van der Waals surface area contributed by atoms with Crippen LogP contribution in [-0.2, 0) is 0 Å². The average molecular weight is 232 g/mol. The second-order valence-corrected chi connectivity index (χ2v) is 3.69. The topological polar surface area (TPSA) is 113 Å². The molecule has 0 aliphatic carbocycles. The normalized spacial score (nSPS) is 10.3. The van der Waals surface area contributed by atoms with Gasteiger partial charge in [0, 0.05) is 13.1 Å². The maximum Gasteiger partial charge on any atom is 0.285 e. The van der Waals surface area contributed by atoms with Gasteiger partial charge in [-0.05, 0) is 0 Å².